The van der Waals surface area contributed by atoms with Gasteiger partial charge in [-0.1, -0.05) is 0 Å². The number of esters is 1. The number of hydrogen-bond acceptors (Lipinski definition) is 6. The van der Waals surface area contributed by atoms with Crippen LogP contribution in [-0.4, -0.2) is 40.8 Å². The summed E-state index contributed by atoms with van der Waals surface area (Å²) in [5, 5.41) is 20.6. The maximum absolute atomic E-state index is 11.7. The van der Waals surface area contributed by atoms with Gasteiger partial charge in [-0.25, -0.2) is 0 Å². The summed E-state index contributed by atoms with van der Waals surface area (Å²) in [6.07, 6.45) is -0.298. The fourth-order valence-electron chi connectivity index (χ4n) is 2.75. The number of carbonyl (C=O) groups excluding carboxylic acids is 2. The third-order valence-corrected chi connectivity index (χ3v) is 3.74. The molecule has 1 heterocycles. The molecule has 0 aromatic carbocycles. The molecule has 0 amide bonds. The van der Waals surface area contributed by atoms with E-state index in [1.807, 2.05) is 0 Å². The second-order valence-electron chi connectivity index (χ2n) is 4.93. The third kappa shape index (κ3) is 2.53. The third-order valence-electron chi connectivity index (χ3n) is 3.74. The van der Waals surface area contributed by atoms with Gasteiger partial charge in [-0.15, -0.1) is 0 Å². The van der Waals surface area contributed by atoms with E-state index in [4.69, 9.17) is 9.47 Å². The van der Waals surface area contributed by atoms with E-state index in [9.17, 15) is 19.8 Å². The van der Waals surface area contributed by atoms with E-state index in [0.717, 1.165) is 0 Å². The zero-order valence-electron chi connectivity index (χ0n) is 12.7. The molecule has 0 radical (unpaired) electrons. The average molecular weight is 309 g/mol. The quantitative estimate of drug-likeness (QED) is 0.616. The fourth-order valence-corrected chi connectivity index (χ4v) is 2.75. The summed E-state index contributed by atoms with van der Waals surface area (Å²) in [5.41, 5.74) is 1.30. The molecule has 1 aromatic rings. The Kier molecular flexibility index (Phi) is 4.68. The highest BCUT2D eigenvalue weighted by molar-refractivity contribution is 5.82. The van der Waals surface area contributed by atoms with Crippen LogP contribution in [0.1, 0.15) is 46.4 Å². The van der Waals surface area contributed by atoms with E-state index in [0.29, 0.717) is 17.7 Å². The van der Waals surface area contributed by atoms with Crippen LogP contribution in [-0.2, 0) is 20.8 Å². The molecule has 1 aliphatic rings. The van der Waals surface area contributed by atoms with Gasteiger partial charge in [-0.3, -0.25) is 9.59 Å². The highest BCUT2D eigenvalue weighted by Gasteiger charge is 2.35. The smallest absolute Gasteiger partial charge is 0.325 e. The van der Waals surface area contributed by atoms with E-state index in [-0.39, 0.29) is 30.0 Å². The molecule has 0 spiro atoms. The normalized spacial score (nSPS) is 20.1. The van der Waals surface area contributed by atoms with Crippen molar-refractivity contribution in [2.24, 2.45) is 0 Å². The Morgan fingerprint density at radius 1 is 1.45 bits per heavy atom. The number of aliphatic hydroxyl groups is 2. The van der Waals surface area contributed by atoms with Crippen molar-refractivity contribution in [3.63, 3.8) is 0 Å². The maximum atomic E-state index is 11.7. The molecule has 0 saturated carbocycles. The summed E-state index contributed by atoms with van der Waals surface area (Å²) in [6.45, 7) is 3.43. The molecule has 2 unspecified atom stereocenters. The van der Waals surface area contributed by atoms with Crippen LogP contribution in [0.2, 0.25) is 0 Å². The van der Waals surface area contributed by atoms with E-state index in [1.165, 1.54) is 17.8 Å². The molecule has 1 aromatic heterocycles. The van der Waals surface area contributed by atoms with E-state index in [1.54, 1.807) is 13.8 Å². The number of carbonyl (C=O) groups is 2. The first-order valence-electron chi connectivity index (χ1n) is 6.91. The molecule has 0 saturated heterocycles. The van der Waals surface area contributed by atoms with Crippen molar-refractivity contribution in [1.82, 2.24) is 4.57 Å². The van der Waals surface area contributed by atoms with Crippen LogP contribution < -0.4 is 0 Å². The summed E-state index contributed by atoms with van der Waals surface area (Å²) >= 11 is 0. The highest BCUT2D eigenvalue weighted by atomic mass is 16.5. The lowest BCUT2D eigenvalue weighted by Crippen LogP contribution is -2.21. The fraction of sp³-hybridized carbons (Fsp3) is 0.467. The minimum absolute atomic E-state index is 0.143. The topological polar surface area (TPSA) is 98.0 Å². The first-order chi connectivity index (χ1) is 10.5. The molecule has 1 aliphatic carbocycles. The maximum Gasteiger partial charge on any atom is 0.325 e. The Labute approximate surface area is 127 Å². The lowest BCUT2D eigenvalue weighted by molar-refractivity contribution is -0.143. The van der Waals surface area contributed by atoms with Gasteiger partial charge in [-0.2, -0.15) is 0 Å². The van der Waals surface area contributed by atoms with Gasteiger partial charge in [0, 0.05) is 16.8 Å². The minimum atomic E-state index is -1.16. The number of nitrogens with zero attached hydrogens (tertiary/aromatic N) is 1. The molecule has 7 nitrogen and oxygen atoms in total. The molecule has 22 heavy (non-hydrogen) atoms. The van der Waals surface area contributed by atoms with Crippen LogP contribution in [0, 0.1) is 6.92 Å². The van der Waals surface area contributed by atoms with Crippen molar-refractivity contribution in [1.29, 1.82) is 0 Å². The number of aliphatic hydroxyl groups excluding tert-OH is 2. The first-order valence-corrected chi connectivity index (χ1v) is 6.91. The van der Waals surface area contributed by atoms with Gasteiger partial charge in [0.05, 0.1) is 19.4 Å². The van der Waals surface area contributed by atoms with Crippen LogP contribution in [0.3, 0.4) is 0 Å². The SMILES string of the molecule is CCOC(=O)Cn1c(C)c(C=O)c2c1C(O)C=C(OC)C2O. The molecule has 0 fully saturated rings. The van der Waals surface area contributed by atoms with Crippen LogP contribution in [0.5, 0.6) is 0 Å². The van der Waals surface area contributed by atoms with Gasteiger partial charge in [0.1, 0.15) is 24.5 Å². The zero-order valence-corrected chi connectivity index (χ0v) is 12.7. The van der Waals surface area contributed by atoms with Crippen LogP contribution in [0.15, 0.2) is 11.8 Å². The number of aromatic nitrogens is 1. The predicted octanol–water partition coefficient (Wildman–Crippen LogP) is 0.783. The highest BCUT2D eigenvalue weighted by Crippen LogP contribution is 2.40. The largest absolute Gasteiger partial charge is 0.498 e. The molecule has 120 valence electrons. The van der Waals surface area contributed by atoms with E-state index >= 15 is 0 Å². The van der Waals surface area contributed by atoms with E-state index < -0.39 is 18.2 Å². The number of rotatable bonds is 5. The Balaban J connectivity index is 2.57. The molecule has 2 atom stereocenters. The average Bonchev–Trinajstić information content (AvgIpc) is 2.76. The van der Waals surface area contributed by atoms with Crippen molar-refractivity contribution in [3.05, 3.63) is 34.3 Å². The Hall–Kier alpha value is -2.12. The molecule has 0 aliphatic heterocycles. The van der Waals surface area contributed by atoms with Crippen molar-refractivity contribution in [2.75, 3.05) is 13.7 Å². The predicted molar refractivity (Wildman–Crippen MR) is 76.2 cm³/mol. The Bertz CT molecular complexity index is 630. The van der Waals surface area contributed by atoms with Gasteiger partial charge in [-0.05, 0) is 19.9 Å². The number of hydrogen-bond donors (Lipinski definition) is 2. The van der Waals surface area contributed by atoms with Crippen LogP contribution >= 0.6 is 0 Å². The Morgan fingerprint density at radius 3 is 2.68 bits per heavy atom. The first kappa shape index (κ1) is 16.3. The summed E-state index contributed by atoms with van der Waals surface area (Å²) in [5.74, 6) is -0.319. The van der Waals surface area contributed by atoms with Gasteiger partial charge >= 0.3 is 5.97 Å². The van der Waals surface area contributed by atoms with Crippen molar-refractivity contribution >= 4 is 12.3 Å². The van der Waals surface area contributed by atoms with E-state index in [2.05, 4.69) is 0 Å². The molecular weight excluding hydrogens is 290 g/mol. The molecule has 7 heteroatoms. The molecule has 0 bridgehead atoms. The zero-order chi connectivity index (χ0) is 16.4. The monoisotopic (exact) mass is 309 g/mol. The van der Waals surface area contributed by atoms with Gasteiger partial charge in [0.2, 0.25) is 0 Å². The Morgan fingerprint density at radius 2 is 2.14 bits per heavy atom. The minimum Gasteiger partial charge on any atom is -0.498 e. The second kappa shape index (κ2) is 6.33. The number of fused-ring (bicyclic) bond motifs is 1. The summed E-state index contributed by atoms with van der Waals surface area (Å²) in [6, 6.07) is 0. The molecule has 2 N–H and O–H groups in total. The second-order valence-corrected chi connectivity index (χ2v) is 4.93. The standard InChI is InChI=1S/C15H19NO6/c1-4-22-12(19)6-16-8(2)9(7-17)13-14(16)10(18)5-11(21-3)15(13)20/h5,7,10,15,18,20H,4,6H2,1-3H3. The lowest BCUT2D eigenvalue weighted by Gasteiger charge is -2.24. The van der Waals surface area contributed by atoms with Crippen LogP contribution in [0.25, 0.3) is 0 Å². The summed E-state index contributed by atoms with van der Waals surface area (Å²) in [7, 11) is 1.37. The van der Waals surface area contributed by atoms with Gasteiger partial charge in [0.25, 0.3) is 0 Å². The van der Waals surface area contributed by atoms with Crippen molar-refractivity contribution in [3.8, 4) is 0 Å². The van der Waals surface area contributed by atoms with Gasteiger partial charge < -0.3 is 24.3 Å². The van der Waals surface area contributed by atoms with Crippen molar-refractivity contribution < 1.29 is 29.3 Å². The summed E-state index contributed by atoms with van der Waals surface area (Å²) in [4.78, 5) is 23.1. The number of ether oxygens (including phenoxy) is 2. The molecular formula is C15H19NO6. The lowest BCUT2D eigenvalue weighted by atomic mass is 9.94. The molecule has 2 rings (SSSR count). The number of methoxy groups -OCH3 is 1. The van der Waals surface area contributed by atoms with Crippen molar-refractivity contribution in [2.45, 2.75) is 32.6 Å². The summed E-state index contributed by atoms with van der Waals surface area (Å²) < 4.78 is 11.4. The number of aldehydes is 1. The van der Waals surface area contributed by atoms with Crippen LogP contribution in [0.4, 0.5) is 0 Å². The van der Waals surface area contributed by atoms with Gasteiger partial charge in [0.15, 0.2) is 6.29 Å².